The SMILES string of the molecule is CN1CCN(c2ccc([N+](=O)[O-])c(Nc3ccc(F)c(F)c3)n2)CC1. The standard InChI is InChI=1S/C16H17F2N5O2/c1-21-6-8-22(9-7-21)15-5-4-14(23(24)25)16(20-15)19-11-2-3-12(17)13(18)10-11/h2-5,10H,6-9H2,1H3,(H,19,20). The van der Waals surface area contributed by atoms with Crippen LogP contribution in [-0.2, 0) is 0 Å². The third-order valence-electron chi connectivity index (χ3n) is 4.07. The first-order chi connectivity index (χ1) is 11.9. The van der Waals surface area contributed by atoms with Gasteiger partial charge in [-0.1, -0.05) is 0 Å². The summed E-state index contributed by atoms with van der Waals surface area (Å²) < 4.78 is 26.4. The van der Waals surface area contributed by atoms with Gasteiger partial charge in [0.1, 0.15) is 5.82 Å². The summed E-state index contributed by atoms with van der Waals surface area (Å²) in [5.41, 5.74) is -0.0485. The fourth-order valence-electron chi connectivity index (χ4n) is 2.60. The fraction of sp³-hybridized carbons (Fsp3) is 0.312. The van der Waals surface area contributed by atoms with Crippen LogP contribution >= 0.6 is 0 Å². The summed E-state index contributed by atoms with van der Waals surface area (Å²) >= 11 is 0. The number of hydrogen-bond donors (Lipinski definition) is 1. The van der Waals surface area contributed by atoms with Crippen LogP contribution in [0.1, 0.15) is 0 Å². The molecule has 0 atom stereocenters. The molecule has 0 bridgehead atoms. The molecule has 2 heterocycles. The molecule has 0 unspecified atom stereocenters. The lowest BCUT2D eigenvalue weighted by Gasteiger charge is -2.33. The highest BCUT2D eigenvalue weighted by Gasteiger charge is 2.21. The van der Waals surface area contributed by atoms with Crippen molar-refractivity contribution in [3.63, 3.8) is 0 Å². The van der Waals surface area contributed by atoms with Crippen molar-refractivity contribution in [3.05, 3.63) is 52.1 Å². The van der Waals surface area contributed by atoms with Gasteiger partial charge in [0.05, 0.1) is 4.92 Å². The Morgan fingerprint density at radius 2 is 1.84 bits per heavy atom. The maximum absolute atomic E-state index is 13.4. The van der Waals surface area contributed by atoms with E-state index in [0.717, 1.165) is 38.3 Å². The number of nitrogens with zero attached hydrogens (tertiary/aromatic N) is 4. The van der Waals surface area contributed by atoms with Crippen LogP contribution in [0.5, 0.6) is 0 Å². The number of aromatic nitrogens is 1. The highest BCUT2D eigenvalue weighted by molar-refractivity contribution is 5.68. The van der Waals surface area contributed by atoms with Gasteiger partial charge < -0.3 is 15.1 Å². The number of piperazine rings is 1. The molecule has 132 valence electrons. The Hall–Kier alpha value is -2.81. The van der Waals surface area contributed by atoms with Gasteiger partial charge in [-0.05, 0) is 25.2 Å². The molecule has 0 amide bonds. The van der Waals surface area contributed by atoms with Crippen molar-refractivity contribution in [3.8, 4) is 0 Å². The molecule has 9 heteroatoms. The van der Waals surface area contributed by atoms with Crippen LogP contribution in [-0.4, -0.2) is 48.0 Å². The first kappa shape index (κ1) is 17.0. The van der Waals surface area contributed by atoms with Crippen LogP contribution in [0.4, 0.5) is 31.8 Å². The Kier molecular flexibility index (Phi) is 4.75. The summed E-state index contributed by atoms with van der Waals surface area (Å²) in [6.07, 6.45) is 0. The van der Waals surface area contributed by atoms with Crippen molar-refractivity contribution >= 4 is 23.0 Å². The lowest BCUT2D eigenvalue weighted by atomic mass is 10.2. The molecule has 0 saturated carbocycles. The Labute approximate surface area is 143 Å². The lowest BCUT2D eigenvalue weighted by molar-refractivity contribution is -0.384. The number of likely N-dealkylation sites (N-methyl/N-ethyl adjacent to an activating group) is 1. The monoisotopic (exact) mass is 349 g/mol. The topological polar surface area (TPSA) is 74.5 Å². The fourth-order valence-corrected chi connectivity index (χ4v) is 2.60. The molecular formula is C16H17F2N5O2. The quantitative estimate of drug-likeness (QED) is 0.676. The molecule has 7 nitrogen and oxygen atoms in total. The maximum atomic E-state index is 13.4. The molecule has 25 heavy (non-hydrogen) atoms. The van der Waals surface area contributed by atoms with Gasteiger partial charge >= 0.3 is 5.69 Å². The van der Waals surface area contributed by atoms with Gasteiger partial charge in [-0.25, -0.2) is 13.8 Å². The van der Waals surface area contributed by atoms with Crippen molar-refractivity contribution in [2.24, 2.45) is 0 Å². The minimum Gasteiger partial charge on any atom is -0.354 e. The second kappa shape index (κ2) is 6.98. The number of anilines is 3. The summed E-state index contributed by atoms with van der Waals surface area (Å²) in [7, 11) is 2.02. The first-order valence-electron chi connectivity index (χ1n) is 7.75. The van der Waals surface area contributed by atoms with Gasteiger partial charge in [0, 0.05) is 44.0 Å². The minimum absolute atomic E-state index is 0.00700. The molecule has 0 spiro atoms. The van der Waals surface area contributed by atoms with Crippen LogP contribution in [0.3, 0.4) is 0 Å². The van der Waals surface area contributed by atoms with Crippen LogP contribution < -0.4 is 10.2 Å². The average Bonchev–Trinajstić information content (AvgIpc) is 2.58. The lowest BCUT2D eigenvalue weighted by Crippen LogP contribution is -2.44. The number of nitrogens with one attached hydrogen (secondary N) is 1. The number of pyridine rings is 1. The van der Waals surface area contributed by atoms with Crippen LogP contribution in [0.2, 0.25) is 0 Å². The van der Waals surface area contributed by atoms with Gasteiger partial charge in [-0.15, -0.1) is 0 Å². The third-order valence-corrected chi connectivity index (χ3v) is 4.07. The van der Waals surface area contributed by atoms with E-state index in [0.29, 0.717) is 5.82 Å². The molecule has 1 fully saturated rings. The van der Waals surface area contributed by atoms with E-state index < -0.39 is 16.6 Å². The number of rotatable bonds is 4. The van der Waals surface area contributed by atoms with E-state index >= 15 is 0 Å². The molecule has 0 radical (unpaired) electrons. The van der Waals surface area contributed by atoms with E-state index in [4.69, 9.17) is 0 Å². The van der Waals surface area contributed by atoms with Gasteiger partial charge in [0.15, 0.2) is 11.6 Å². The number of halogens is 2. The van der Waals surface area contributed by atoms with Crippen molar-refractivity contribution in [1.82, 2.24) is 9.88 Å². The molecule has 1 N–H and O–H groups in total. The summed E-state index contributed by atoms with van der Waals surface area (Å²) in [5.74, 6) is -1.43. The Morgan fingerprint density at radius 1 is 1.12 bits per heavy atom. The minimum atomic E-state index is -1.04. The van der Waals surface area contributed by atoms with E-state index in [2.05, 4.69) is 15.2 Å². The van der Waals surface area contributed by atoms with Gasteiger partial charge in [0.2, 0.25) is 5.82 Å². The first-order valence-corrected chi connectivity index (χ1v) is 7.75. The summed E-state index contributed by atoms with van der Waals surface area (Å²) in [6.45, 7) is 3.24. The Balaban J connectivity index is 1.90. The Bertz CT molecular complexity index is 794. The highest BCUT2D eigenvalue weighted by atomic mass is 19.2. The second-order valence-electron chi connectivity index (χ2n) is 5.84. The van der Waals surface area contributed by atoms with E-state index in [1.54, 1.807) is 6.07 Å². The number of nitro groups is 1. The number of benzene rings is 1. The molecule has 1 aliphatic rings. The second-order valence-corrected chi connectivity index (χ2v) is 5.84. The molecular weight excluding hydrogens is 332 g/mol. The summed E-state index contributed by atoms with van der Waals surface area (Å²) in [4.78, 5) is 19.2. The molecule has 1 aromatic heterocycles. The molecule has 1 saturated heterocycles. The van der Waals surface area contributed by atoms with E-state index in [9.17, 15) is 18.9 Å². The van der Waals surface area contributed by atoms with E-state index in [1.165, 1.54) is 12.1 Å². The van der Waals surface area contributed by atoms with Gasteiger partial charge in [0.25, 0.3) is 0 Å². The largest absolute Gasteiger partial charge is 0.354 e. The predicted octanol–water partition coefficient (Wildman–Crippen LogP) is 2.76. The number of hydrogen-bond acceptors (Lipinski definition) is 6. The van der Waals surface area contributed by atoms with Crippen LogP contribution in [0, 0.1) is 21.7 Å². The normalized spacial score (nSPS) is 15.2. The highest BCUT2D eigenvalue weighted by Crippen LogP contribution is 2.29. The van der Waals surface area contributed by atoms with Gasteiger partial charge in [-0.3, -0.25) is 10.1 Å². The van der Waals surface area contributed by atoms with Crippen molar-refractivity contribution in [1.29, 1.82) is 0 Å². The van der Waals surface area contributed by atoms with E-state index in [-0.39, 0.29) is 17.2 Å². The zero-order valence-corrected chi connectivity index (χ0v) is 13.6. The molecule has 3 rings (SSSR count). The van der Waals surface area contributed by atoms with Crippen LogP contribution in [0.25, 0.3) is 0 Å². The van der Waals surface area contributed by atoms with Crippen molar-refractivity contribution < 1.29 is 13.7 Å². The molecule has 1 aliphatic heterocycles. The molecule has 0 aliphatic carbocycles. The third kappa shape index (κ3) is 3.82. The zero-order valence-electron chi connectivity index (χ0n) is 13.6. The molecule has 1 aromatic carbocycles. The molecule has 2 aromatic rings. The van der Waals surface area contributed by atoms with Crippen molar-refractivity contribution in [2.45, 2.75) is 0 Å². The van der Waals surface area contributed by atoms with Crippen molar-refractivity contribution in [2.75, 3.05) is 43.4 Å². The smallest absolute Gasteiger partial charge is 0.311 e. The maximum Gasteiger partial charge on any atom is 0.311 e. The predicted molar refractivity (Wildman–Crippen MR) is 90.2 cm³/mol. The summed E-state index contributed by atoms with van der Waals surface area (Å²) in [6, 6.07) is 6.15. The summed E-state index contributed by atoms with van der Waals surface area (Å²) in [5, 5.41) is 13.9. The average molecular weight is 349 g/mol. The van der Waals surface area contributed by atoms with Gasteiger partial charge in [-0.2, -0.15) is 0 Å². The Morgan fingerprint density at radius 3 is 2.48 bits per heavy atom. The van der Waals surface area contributed by atoms with Crippen LogP contribution in [0.15, 0.2) is 30.3 Å². The van der Waals surface area contributed by atoms with E-state index in [1.807, 2.05) is 11.9 Å². The zero-order chi connectivity index (χ0) is 18.0.